The van der Waals surface area contributed by atoms with Crippen molar-refractivity contribution < 1.29 is 0 Å². The van der Waals surface area contributed by atoms with Crippen LogP contribution in [0.1, 0.15) is 0 Å². The van der Waals surface area contributed by atoms with Gasteiger partial charge < -0.3 is 0 Å². The lowest BCUT2D eigenvalue weighted by Crippen LogP contribution is -1.60. The van der Waals surface area contributed by atoms with Crippen LogP contribution in [-0.4, -0.2) is 18.3 Å². The smallest absolute Gasteiger partial charge is 0.215 e. The minimum absolute atomic E-state index is 0.347. The van der Waals surface area contributed by atoms with E-state index in [2.05, 4.69) is 9.98 Å². The minimum Gasteiger partial charge on any atom is -0.255 e. The van der Waals surface area contributed by atoms with Crippen LogP contribution < -0.4 is 0 Å². The Morgan fingerprint density at radius 1 is 1.43 bits per heavy atom. The van der Waals surface area contributed by atoms with Gasteiger partial charge in [-0.3, -0.25) is 5.41 Å². The SMILES string of the molecule is N=C=C1N=CC=N1. The Morgan fingerprint density at radius 2 is 2.00 bits per heavy atom. The van der Waals surface area contributed by atoms with Crippen molar-refractivity contribution in [3.8, 4) is 0 Å². The third-order valence-electron chi connectivity index (χ3n) is 0.572. The Hall–Kier alpha value is -1.21. The zero-order valence-corrected chi connectivity index (χ0v) is 3.55. The van der Waals surface area contributed by atoms with E-state index in [9.17, 15) is 0 Å². The largest absolute Gasteiger partial charge is 0.255 e. The summed E-state index contributed by atoms with van der Waals surface area (Å²) < 4.78 is 0. The Balaban J connectivity index is 3.00. The first-order chi connectivity index (χ1) is 3.43. The van der Waals surface area contributed by atoms with Gasteiger partial charge in [0.1, 0.15) is 0 Å². The molecule has 1 heterocycles. The molecular weight excluding hydrogens is 90.1 g/mol. The third kappa shape index (κ3) is 0.614. The van der Waals surface area contributed by atoms with Crippen LogP contribution in [0.3, 0.4) is 0 Å². The molecule has 3 heteroatoms. The second-order valence-corrected chi connectivity index (χ2v) is 1.00. The van der Waals surface area contributed by atoms with Crippen LogP contribution in [0, 0.1) is 5.41 Å². The second-order valence-electron chi connectivity index (χ2n) is 1.00. The normalized spacial score (nSPS) is 15.1. The van der Waals surface area contributed by atoms with Gasteiger partial charge in [0, 0.05) is 18.3 Å². The highest BCUT2D eigenvalue weighted by molar-refractivity contribution is 6.18. The van der Waals surface area contributed by atoms with Crippen molar-refractivity contribution in [3.05, 3.63) is 5.82 Å². The Bertz CT molecular complexity index is 157. The molecule has 0 saturated heterocycles. The van der Waals surface area contributed by atoms with Crippen molar-refractivity contribution in [3.63, 3.8) is 0 Å². The molecule has 0 atom stereocenters. The van der Waals surface area contributed by atoms with Crippen LogP contribution in [-0.2, 0) is 0 Å². The summed E-state index contributed by atoms with van der Waals surface area (Å²) in [4.78, 5) is 7.25. The number of hydrogen-bond acceptors (Lipinski definition) is 3. The summed E-state index contributed by atoms with van der Waals surface area (Å²) in [6.45, 7) is 0. The highest BCUT2D eigenvalue weighted by atomic mass is 15.0. The molecule has 0 fully saturated rings. The number of aliphatic imine (C=N–C) groups is 2. The Labute approximate surface area is 40.6 Å². The van der Waals surface area contributed by atoms with Crippen molar-refractivity contribution in [2.75, 3.05) is 0 Å². The van der Waals surface area contributed by atoms with Gasteiger partial charge in [-0.15, -0.1) is 0 Å². The van der Waals surface area contributed by atoms with E-state index in [4.69, 9.17) is 5.41 Å². The molecule has 1 aliphatic rings. The molecule has 34 valence electrons. The summed E-state index contributed by atoms with van der Waals surface area (Å²) in [5.41, 5.74) is 0. The Kier molecular flexibility index (Phi) is 0.845. The van der Waals surface area contributed by atoms with Crippen LogP contribution in [0.2, 0.25) is 0 Å². The van der Waals surface area contributed by atoms with E-state index in [1.165, 1.54) is 12.4 Å². The van der Waals surface area contributed by atoms with Crippen LogP contribution in [0.15, 0.2) is 15.8 Å². The highest BCUT2D eigenvalue weighted by Crippen LogP contribution is 1.93. The maximum absolute atomic E-state index is 6.49. The average Bonchev–Trinajstić information content (AvgIpc) is 2.14. The number of hydrogen-bond donors (Lipinski definition) is 1. The number of nitrogens with one attached hydrogen (secondary N) is 1. The second kappa shape index (κ2) is 1.49. The lowest BCUT2D eigenvalue weighted by molar-refractivity contribution is 1.32. The van der Waals surface area contributed by atoms with E-state index in [0.717, 1.165) is 0 Å². The van der Waals surface area contributed by atoms with Crippen LogP contribution in [0.4, 0.5) is 0 Å². The first kappa shape index (κ1) is 3.96. The predicted octanol–water partition coefficient (Wildman–Crippen LogP) is 0.231. The lowest BCUT2D eigenvalue weighted by atomic mass is 10.8. The van der Waals surface area contributed by atoms with Crippen molar-refractivity contribution >= 4 is 18.3 Å². The van der Waals surface area contributed by atoms with E-state index in [0.29, 0.717) is 5.82 Å². The average molecular weight is 93.1 g/mol. The van der Waals surface area contributed by atoms with Crippen molar-refractivity contribution in [2.45, 2.75) is 0 Å². The minimum atomic E-state index is 0.347. The third-order valence-corrected chi connectivity index (χ3v) is 0.572. The maximum Gasteiger partial charge on any atom is 0.215 e. The van der Waals surface area contributed by atoms with E-state index in [-0.39, 0.29) is 0 Å². The molecule has 0 aromatic carbocycles. The van der Waals surface area contributed by atoms with Crippen LogP contribution in [0.5, 0.6) is 0 Å². The summed E-state index contributed by atoms with van der Waals surface area (Å²) in [6, 6.07) is 0. The van der Waals surface area contributed by atoms with Gasteiger partial charge >= 0.3 is 0 Å². The van der Waals surface area contributed by atoms with Crippen LogP contribution in [0.25, 0.3) is 0 Å². The van der Waals surface area contributed by atoms with E-state index < -0.39 is 0 Å². The van der Waals surface area contributed by atoms with E-state index in [1.54, 1.807) is 0 Å². The van der Waals surface area contributed by atoms with Gasteiger partial charge in [-0.25, -0.2) is 9.98 Å². The zero-order chi connectivity index (χ0) is 5.11. The standard InChI is InChI=1S/C4H3N3/c5-3-4-6-1-2-7-4/h1-2,5H. The van der Waals surface area contributed by atoms with Gasteiger partial charge in [-0.1, -0.05) is 0 Å². The molecular formula is C4H3N3. The molecule has 0 spiro atoms. The summed E-state index contributed by atoms with van der Waals surface area (Å²) >= 11 is 0. The molecule has 7 heavy (non-hydrogen) atoms. The number of rotatable bonds is 0. The van der Waals surface area contributed by atoms with Gasteiger partial charge in [0.15, 0.2) is 0 Å². The summed E-state index contributed by atoms with van der Waals surface area (Å²) in [5, 5.41) is 6.49. The highest BCUT2D eigenvalue weighted by Gasteiger charge is 1.87. The molecule has 0 amide bonds. The number of nitrogens with zero attached hydrogens (tertiary/aromatic N) is 2. The summed E-state index contributed by atoms with van der Waals surface area (Å²) in [5.74, 6) is 2.38. The molecule has 0 aliphatic carbocycles. The first-order valence-corrected chi connectivity index (χ1v) is 1.80. The predicted molar refractivity (Wildman–Crippen MR) is 28.2 cm³/mol. The summed E-state index contributed by atoms with van der Waals surface area (Å²) in [7, 11) is 0. The molecule has 1 rings (SSSR count). The van der Waals surface area contributed by atoms with Crippen molar-refractivity contribution in [1.29, 1.82) is 5.41 Å². The van der Waals surface area contributed by atoms with E-state index in [1.807, 2.05) is 5.87 Å². The molecule has 0 bridgehead atoms. The molecule has 1 N–H and O–H groups in total. The zero-order valence-electron chi connectivity index (χ0n) is 3.55. The van der Waals surface area contributed by atoms with Gasteiger partial charge in [0.05, 0.1) is 0 Å². The molecule has 0 aromatic heterocycles. The van der Waals surface area contributed by atoms with Gasteiger partial charge in [-0.2, -0.15) is 0 Å². The monoisotopic (exact) mass is 93.0 g/mol. The van der Waals surface area contributed by atoms with Crippen molar-refractivity contribution in [1.82, 2.24) is 0 Å². The van der Waals surface area contributed by atoms with Gasteiger partial charge in [0.2, 0.25) is 5.82 Å². The first-order valence-electron chi connectivity index (χ1n) is 1.80. The molecule has 0 aromatic rings. The van der Waals surface area contributed by atoms with Crippen molar-refractivity contribution in [2.24, 2.45) is 9.98 Å². The molecule has 3 nitrogen and oxygen atoms in total. The summed E-state index contributed by atoms with van der Waals surface area (Å²) in [6.07, 6.45) is 3.05. The van der Waals surface area contributed by atoms with Crippen LogP contribution >= 0.6 is 0 Å². The molecule has 0 saturated carbocycles. The maximum atomic E-state index is 6.49. The lowest BCUT2D eigenvalue weighted by Gasteiger charge is -1.70. The van der Waals surface area contributed by atoms with E-state index >= 15 is 0 Å². The fourth-order valence-electron chi connectivity index (χ4n) is 0.306. The van der Waals surface area contributed by atoms with Gasteiger partial charge in [0.25, 0.3) is 0 Å². The molecule has 0 unspecified atom stereocenters. The topological polar surface area (TPSA) is 48.6 Å². The fourth-order valence-corrected chi connectivity index (χ4v) is 0.306. The molecule has 0 radical (unpaired) electrons. The molecule has 1 aliphatic heterocycles. The fraction of sp³-hybridized carbons (Fsp3) is 0. The quantitative estimate of drug-likeness (QED) is 0.417. The van der Waals surface area contributed by atoms with Gasteiger partial charge in [-0.05, 0) is 0 Å². The Morgan fingerprint density at radius 3 is 2.29 bits per heavy atom.